The first-order valence-electron chi connectivity index (χ1n) is 9.31. The summed E-state index contributed by atoms with van der Waals surface area (Å²) >= 11 is 3.37. The van der Waals surface area contributed by atoms with Gasteiger partial charge in [-0.25, -0.2) is 4.79 Å². The third-order valence-corrected chi connectivity index (χ3v) is 4.78. The number of aromatic amines is 1. The molecule has 1 amide bonds. The van der Waals surface area contributed by atoms with Crippen molar-refractivity contribution in [3.05, 3.63) is 49.6 Å². The molecule has 0 aliphatic carbocycles. The second kappa shape index (κ2) is 10.1. The Bertz CT molecular complexity index is 921. The maximum Gasteiger partial charge on any atom is 0.330 e. The molecule has 0 spiro atoms. The second-order valence-electron chi connectivity index (χ2n) is 6.40. The van der Waals surface area contributed by atoms with Gasteiger partial charge in [-0.05, 0) is 37.1 Å². The Balaban J connectivity index is 2.33. The van der Waals surface area contributed by atoms with Crippen LogP contribution in [-0.2, 0) is 11.3 Å². The molecule has 0 unspecified atom stereocenters. The van der Waals surface area contributed by atoms with E-state index in [0.717, 1.165) is 16.6 Å². The van der Waals surface area contributed by atoms with Crippen LogP contribution in [0.3, 0.4) is 0 Å². The molecule has 2 rings (SSSR count). The molecule has 2 aromatic rings. The highest BCUT2D eigenvalue weighted by atomic mass is 79.9. The molecule has 0 saturated carbocycles. The summed E-state index contributed by atoms with van der Waals surface area (Å²) in [5.41, 5.74) is 5.73. The topological polar surface area (TPSA) is 113 Å². The number of nitrogens with one attached hydrogen (secondary N) is 2. The number of hydrogen-bond donors (Lipinski definition) is 3. The largest absolute Gasteiger partial charge is 0.383 e. The van der Waals surface area contributed by atoms with Gasteiger partial charge in [-0.2, -0.15) is 0 Å². The summed E-state index contributed by atoms with van der Waals surface area (Å²) in [6, 6.07) is 7.42. The number of nitrogens with two attached hydrogens (primary N) is 1. The van der Waals surface area contributed by atoms with E-state index in [2.05, 4.69) is 26.2 Å². The van der Waals surface area contributed by atoms with Gasteiger partial charge in [0.05, 0.1) is 6.54 Å². The third-order valence-electron chi connectivity index (χ3n) is 4.26. The van der Waals surface area contributed by atoms with E-state index < -0.39 is 11.2 Å². The fourth-order valence-electron chi connectivity index (χ4n) is 2.80. The summed E-state index contributed by atoms with van der Waals surface area (Å²) in [7, 11) is 0. The molecule has 0 aliphatic rings. The number of rotatable bonds is 9. The molecule has 0 fully saturated rings. The van der Waals surface area contributed by atoms with Gasteiger partial charge in [-0.3, -0.25) is 19.1 Å². The monoisotopic (exact) mass is 451 g/mol. The van der Waals surface area contributed by atoms with E-state index in [9.17, 15) is 14.4 Å². The van der Waals surface area contributed by atoms with Crippen LogP contribution in [-0.4, -0.2) is 28.5 Å². The summed E-state index contributed by atoms with van der Waals surface area (Å²) in [4.78, 5) is 41.1. The first-order chi connectivity index (χ1) is 13.4. The lowest BCUT2D eigenvalue weighted by Gasteiger charge is -2.24. The summed E-state index contributed by atoms with van der Waals surface area (Å²) in [6.45, 7) is 4.60. The van der Waals surface area contributed by atoms with Crippen LogP contribution in [0.15, 0.2) is 38.3 Å². The average molecular weight is 452 g/mol. The van der Waals surface area contributed by atoms with Crippen molar-refractivity contribution >= 4 is 39.0 Å². The van der Waals surface area contributed by atoms with Crippen LogP contribution in [0.1, 0.15) is 33.1 Å². The van der Waals surface area contributed by atoms with E-state index in [0.29, 0.717) is 25.9 Å². The van der Waals surface area contributed by atoms with Gasteiger partial charge in [-0.15, -0.1) is 0 Å². The van der Waals surface area contributed by atoms with Crippen molar-refractivity contribution < 1.29 is 4.79 Å². The number of halogens is 1. The maximum atomic E-state index is 12.9. The summed E-state index contributed by atoms with van der Waals surface area (Å²) in [5.74, 6) is -0.279. The fourth-order valence-corrected chi connectivity index (χ4v) is 3.07. The summed E-state index contributed by atoms with van der Waals surface area (Å²) < 4.78 is 2.23. The van der Waals surface area contributed by atoms with Crippen molar-refractivity contribution in [2.45, 2.75) is 39.7 Å². The van der Waals surface area contributed by atoms with Crippen LogP contribution in [0.2, 0.25) is 0 Å². The average Bonchev–Trinajstić information content (AvgIpc) is 2.66. The van der Waals surface area contributed by atoms with Crippen LogP contribution in [0.5, 0.6) is 0 Å². The van der Waals surface area contributed by atoms with Gasteiger partial charge in [0, 0.05) is 23.2 Å². The lowest BCUT2D eigenvalue weighted by atomic mass is 10.2. The molecule has 152 valence electrons. The molecular formula is C19H26BrN5O3. The highest BCUT2D eigenvalue weighted by molar-refractivity contribution is 9.10. The van der Waals surface area contributed by atoms with Crippen LogP contribution < -0.4 is 27.2 Å². The summed E-state index contributed by atoms with van der Waals surface area (Å²) in [6.07, 6.45) is 2.22. The van der Waals surface area contributed by atoms with Gasteiger partial charge < -0.3 is 16.0 Å². The van der Waals surface area contributed by atoms with E-state index in [1.807, 2.05) is 38.1 Å². The number of unbranched alkanes of at least 4 members (excludes halogenated alkanes) is 1. The quantitative estimate of drug-likeness (QED) is 0.541. The molecule has 8 nitrogen and oxygen atoms in total. The number of carbonyl (C=O) groups excluding carboxylic acids is 1. The Labute approximate surface area is 171 Å². The molecule has 4 N–H and O–H groups in total. The number of aromatic nitrogens is 2. The Kier molecular flexibility index (Phi) is 7.86. The molecule has 0 aliphatic heterocycles. The van der Waals surface area contributed by atoms with Crippen molar-refractivity contribution in [2.75, 3.05) is 29.0 Å². The highest BCUT2D eigenvalue weighted by Gasteiger charge is 2.23. The smallest absolute Gasteiger partial charge is 0.330 e. The molecular weight excluding hydrogens is 426 g/mol. The fraction of sp³-hybridized carbons (Fsp3) is 0.421. The molecule has 1 aromatic heterocycles. The van der Waals surface area contributed by atoms with Gasteiger partial charge in [0.2, 0.25) is 5.91 Å². The predicted octanol–water partition coefficient (Wildman–Crippen LogP) is 2.54. The molecule has 0 bridgehead atoms. The zero-order chi connectivity index (χ0) is 20.7. The molecule has 1 aromatic carbocycles. The van der Waals surface area contributed by atoms with Gasteiger partial charge in [0.15, 0.2) is 5.69 Å². The molecule has 0 saturated heterocycles. The Hall–Kier alpha value is -2.55. The SMILES string of the molecule is CCCCN(C(=O)CNc1ccc(Br)cc1)c1c(N)n(CCC)c(=O)[nH]c1=O. The lowest BCUT2D eigenvalue weighted by molar-refractivity contribution is -0.117. The van der Waals surface area contributed by atoms with Crippen molar-refractivity contribution in [3.63, 3.8) is 0 Å². The number of nitrogen functional groups attached to an aromatic ring is 1. The molecule has 9 heteroatoms. The van der Waals surface area contributed by atoms with Gasteiger partial charge in [-0.1, -0.05) is 36.2 Å². The van der Waals surface area contributed by atoms with E-state index >= 15 is 0 Å². The Morgan fingerprint density at radius 1 is 1.21 bits per heavy atom. The van der Waals surface area contributed by atoms with Crippen LogP contribution in [0.4, 0.5) is 17.2 Å². The van der Waals surface area contributed by atoms with Crippen molar-refractivity contribution in [2.24, 2.45) is 0 Å². The Morgan fingerprint density at radius 3 is 2.50 bits per heavy atom. The normalized spacial score (nSPS) is 10.7. The van der Waals surface area contributed by atoms with Crippen LogP contribution >= 0.6 is 15.9 Å². The number of anilines is 3. The first-order valence-corrected chi connectivity index (χ1v) is 10.1. The number of benzene rings is 1. The van der Waals surface area contributed by atoms with E-state index in [-0.39, 0.29) is 24.0 Å². The molecule has 0 atom stereocenters. The van der Waals surface area contributed by atoms with E-state index in [4.69, 9.17) is 5.73 Å². The van der Waals surface area contributed by atoms with Crippen LogP contribution in [0.25, 0.3) is 0 Å². The molecule has 1 heterocycles. The van der Waals surface area contributed by atoms with Crippen molar-refractivity contribution in [3.8, 4) is 0 Å². The zero-order valence-corrected chi connectivity index (χ0v) is 17.7. The van der Waals surface area contributed by atoms with Crippen LogP contribution in [0, 0.1) is 0 Å². The third kappa shape index (κ3) is 5.25. The maximum absolute atomic E-state index is 12.9. The first kappa shape index (κ1) is 21.7. The highest BCUT2D eigenvalue weighted by Crippen LogP contribution is 2.19. The minimum Gasteiger partial charge on any atom is -0.383 e. The van der Waals surface area contributed by atoms with Crippen molar-refractivity contribution in [1.29, 1.82) is 0 Å². The number of carbonyl (C=O) groups is 1. The number of amides is 1. The number of nitrogens with zero attached hydrogens (tertiary/aromatic N) is 2. The van der Waals surface area contributed by atoms with Gasteiger partial charge >= 0.3 is 5.69 Å². The zero-order valence-electron chi connectivity index (χ0n) is 16.1. The summed E-state index contributed by atoms with van der Waals surface area (Å²) in [5, 5.41) is 3.05. The Morgan fingerprint density at radius 2 is 1.89 bits per heavy atom. The van der Waals surface area contributed by atoms with Gasteiger partial charge in [0.25, 0.3) is 5.56 Å². The van der Waals surface area contributed by atoms with Gasteiger partial charge in [0.1, 0.15) is 5.82 Å². The minimum absolute atomic E-state index is 0.00285. The lowest BCUT2D eigenvalue weighted by Crippen LogP contribution is -2.43. The molecule has 28 heavy (non-hydrogen) atoms. The van der Waals surface area contributed by atoms with E-state index in [1.165, 1.54) is 9.47 Å². The van der Waals surface area contributed by atoms with Crippen molar-refractivity contribution in [1.82, 2.24) is 9.55 Å². The second-order valence-corrected chi connectivity index (χ2v) is 7.32. The predicted molar refractivity (Wildman–Crippen MR) is 116 cm³/mol. The molecule has 0 radical (unpaired) electrons. The van der Waals surface area contributed by atoms with E-state index in [1.54, 1.807) is 0 Å². The minimum atomic E-state index is -0.650. The standard InChI is InChI=1S/C19H26BrN5O3/c1-3-5-11-24(15(26)12-22-14-8-6-13(20)7-9-14)16-17(21)25(10-4-2)19(28)23-18(16)27/h6-9,22H,3-5,10-12,21H2,1-2H3,(H,23,27,28). The number of H-pyrrole nitrogens is 1. The number of hydrogen-bond acceptors (Lipinski definition) is 5.